The molecule has 0 spiro atoms. The predicted molar refractivity (Wildman–Crippen MR) is 300 cm³/mol. The van der Waals surface area contributed by atoms with Gasteiger partial charge in [-0.1, -0.05) is 194 Å². The van der Waals surface area contributed by atoms with Gasteiger partial charge in [-0.05, 0) is 71.8 Å². The maximum atomic E-state index is 5.27. The van der Waals surface area contributed by atoms with Crippen molar-refractivity contribution in [2.45, 2.75) is 0 Å². The Bertz CT molecular complexity index is 4290. The Balaban J connectivity index is 0.998. The third kappa shape index (κ3) is 7.48. The summed E-state index contributed by atoms with van der Waals surface area (Å²) in [5, 5.41) is 4.49. The fourth-order valence-electron chi connectivity index (χ4n) is 10.4. The minimum Gasteiger partial charge on any atom is -0.309 e. The van der Waals surface area contributed by atoms with Crippen LogP contribution in [0.3, 0.4) is 0 Å². The normalized spacial score (nSPS) is 11.5. The number of nitrogens with zero attached hydrogens (tertiary/aromatic N) is 8. The van der Waals surface area contributed by atoms with Crippen LogP contribution in [0, 0.1) is 0 Å². The zero-order valence-corrected chi connectivity index (χ0v) is 39.8. The summed E-state index contributed by atoms with van der Waals surface area (Å²) in [7, 11) is 0. The second kappa shape index (κ2) is 17.9. The molecule has 0 aliphatic rings. The van der Waals surface area contributed by atoms with Gasteiger partial charge >= 0.3 is 0 Å². The fraction of sp³-hybridized carbons (Fsp3) is 0. The van der Waals surface area contributed by atoms with E-state index in [1.165, 1.54) is 16.3 Å². The van der Waals surface area contributed by atoms with Crippen molar-refractivity contribution in [1.82, 2.24) is 39.0 Å². The molecule has 10 aromatic carbocycles. The highest BCUT2D eigenvalue weighted by atomic mass is 15.1. The quantitative estimate of drug-likeness (QED) is 0.143. The number of rotatable bonds is 9. The highest BCUT2D eigenvalue weighted by Crippen LogP contribution is 2.42. The lowest BCUT2D eigenvalue weighted by Gasteiger charge is -2.12. The Hall–Kier alpha value is -10.2. The second-order valence-electron chi connectivity index (χ2n) is 18.3. The largest absolute Gasteiger partial charge is 0.309 e. The molecule has 0 radical (unpaired) electrons. The number of aromatic nitrogens is 8. The van der Waals surface area contributed by atoms with E-state index in [0.717, 1.165) is 83.2 Å². The van der Waals surface area contributed by atoms with E-state index in [0.29, 0.717) is 34.9 Å². The summed E-state index contributed by atoms with van der Waals surface area (Å²) >= 11 is 0. The molecule has 4 heterocycles. The van der Waals surface area contributed by atoms with E-state index in [1.807, 2.05) is 121 Å². The lowest BCUT2D eigenvalue weighted by molar-refractivity contribution is 1.07. The average molecular weight is 947 g/mol. The van der Waals surface area contributed by atoms with Gasteiger partial charge in [-0.2, -0.15) is 0 Å². The first-order valence-corrected chi connectivity index (χ1v) is 24.7. The number of hydrogen-bond donors (Lipinski definition) is 0. The highest BCUT2D eigenvalue weighted by Gasteiger charge is 2.22. The van der Waals surface area contributed by atoms with Gasteiger partial charge in [0, 0.05) is 66.3 Å². The Morgan fingerprint density at radius 2 is 0.595 bits per heavy atom. The van der Waals surface area contributed by atoms with E-state index in [1.54, 1.807) is 0 Å². The van der Waals surface area contributed by atoms with Gasteiger partial charge in [-0.3, -0.25) is 0 Å². The lowest BCUT2D eigenvalue weighted by atomic mass is 9.99. The van der Waals surface area contributed by atoms with Crippen LogP contribution in [0.5, 0.6) is 0 Å². The van der Waals surface area contributed by atoms with Crippen molar-refractivity contribution in [2.75, 3.05) is 0 Å². The van der Waals surface area contributed by atoms with Crippen LogP contribution < -0.4 is 0 Å². The van der Waals surface area contributed by atoms with E-state index < -0.39 is 0 Å². The zero-order valence-electron chi connectivity index (χ0n) is 39.8. The molecule has 0 saturated heterocycles. The molecule has 0 bridgehead atoms. The third-order valence-corrected chi connectivity index (χ3v) is 13.8. The Kier molecular flexibility index (Phi) is 10.3. The number of benzene rings is 10. The topological polar surface area (TPSA) is 87.2 Å². The molecule has 0 N–H and O–H groups in total. The molecule has 4 aromatic heterocycles. The smallest absolute Gasteiger partial charge is 0.164 e. The van der Waals surface area contributed by atoms with Gasteiger partial charge in [-0.25, -0.2) is 29.9 Å². The lowest BCUT2D eigenvalue weighted by Crippen LogP contribution is -2.01. The van der Waals surface area contributed by atoms with Crippen LogP contribution in [-0.4, -0.2) is 39.0 Å². The summed E-state index contributed by atoms with van der Waals surface area (Å²) < 4.78 is 4.70. The van der Waals surface area contributed by atoms with Gasteiger partial charge in [-0.15, -0.1) is 0 Å². The van der Waals surface area contributed by atoms with Gasteiger partial charge in [0.05, 0.1) is 22.1 Å². The minimum atomic E-state index is 0.583. The summed E-state index contributed by atoms with van der Waals surface area (Å²) in [6, 6.07) is 88.3. The summed E-state index contributed by atoms with van der Waals surface area (Å²) in [5.41, 5.74) is 14.1. The van der Waals surface area contributed by atoms with Crippen LogP contribution in [0.4, 0.5) is 0 Å². The van der Waals surface area contributed by atoms with Gasteiger partial charge in [0.15, 0.2) is 34.9 Å². The SMILES string of the molecule is c1ccc(-c2nc(-c3ccccc3)nc(-c3cccc(-n4c5ccc(-c6ccc7c(c6)c6ccccc6n7-c6ccccc6)cc5c5c(-c6nc(-c7ccccc7)nc(-c7ccccc7)n6)cccc54)c3)n2)cc1. The molecule has 0 saturated carbocycles. The van der Waals surface area contributed by atoms with Crippen LogP contribution in [0.15, 0.2) is 255 Å². The Labute approximate surface area is 426 Å². The van der Waals surface area contributed by atoms with E-state index in [-0.39, 0.29) is 0 Å². The molecule has 0 aliphatic heterocycles. The second-order valence-corrected chi connectivity index (χ2v) is 18.3. The van der Waals surface area contributed by atoms with Crippen LogP contribution >= 0.6 is 0 Å². The van der Waals surface area contributed by atoms with Crippen molar-refractivity contribution in [3.05, 3.63) is 255 Å². The monoisotopic (exact) mass is 946 g/mol. The first-order valence-electron chi connectivity index (χ1n) is 24.7. The molecular formula is C66H42N8. The van der Waals surface area contributed by atoms with Crippen molar-refractivity contribution in [3.8, 4) is 90.8 Å². The molecule has 0 amide bonds. The molecule has 14 rings (SSSR count). The zero-order chi connectivity index (χ0) is 49.0. The average Bonchev–Trinajstić information content (AvgIpc) is 4.00. The van der Waals surface area contributed by atoms with Crippen LogP contribution in [0.25, 0.3) is 134 Å². The van der Waals surface area contributed by atoms with Crippen molar-refractivity contribution >= 4 is 43.6 Å². The molecule has 0 unspecified atom stereocenters. The maximum Gasteiger partial charge on any atom is 0.164 e. The molecule has 0 fully saturated rings. The molecule has 8 heteroatoms. The third-order valence-electron chi connectivity index (χ3n) is 13.8. The standard InChI is InChI=1S/C66H42N8/c1-6-20-43(21-7-1)61-67-62(44-22-8-2-9-23-44)70-65(69-61)49-28-18-31-51(40-49)74-58-39-37-48(47-36-38-57-54(41-47)52-32-16-17-34-56(52)73(57)50-29-14-5-15-30-50)42-55(58)60-53(33-19-35-59(60)74)66-71-63(45-24-10-3-11-25-45)68-64(72-66)46-26-12-4-13-27-46/h1-42H. The van der Waals surface area contributed by atoms with E-state index in [4.69, 9.17) is 29.9 Å². The van der Waals surface area contributed by atoms with Crippen LogP contribution in [0.2, 0.25) is 0 Å². The number of para-hydroxylation sites is 2. The maximum absolute atomic E-state index is 5.27. The van der Waals surface area contributed by atoms with Gasteiger partial charge in [0.1, 0.15) is 0 Å². The van der Waals surface area contributed by atoms with E-state index >= 15 is 0 Å². The summed E-state index contributed by atoms with van der Waals surface area (Å²) in [4.78, 5) is 30.8. The number of fused-ring (bicyclic) bond motifs is 6. The molecule has 14 aromatic rings. The first kappa shape index (κ1) is 42.7. The van der Waals surface area contributed by atoms with Gasteiger partial charge in [0.25, 0.3) is 0 Å². The summed E-state index contributed by atoms with van der Waals surface area (Å²) in [6.45, 7) is 0. The van der Waals surface area contributed by atoms with E-state index in [2.05, 4.69) is 143 Å². The molecule has 346 valence electrons. The summed E-state index contributed by atoms with van der Waals surface area (Å²) in [5.74, 6) is 3.60. The molecule has 8 nitrogen and oxygen atoms in total. The molecule has 0 aliphatic carbocycles. The van der Waals surface area contributed by atoms with E-state index in [9.17, 15) is 0 Å². The van der Waals surface area contributed by atoms with Crippen molar-refractivity contribution in [1.29, 1.82) is 0 Å². The number of hydrogen-bond acceptors (Lipinski definition) is 6. The van der Waals surface area contributed by atoms with Gasteiger partial charge < -0.3 is 9.13 Å². The molecular weight excluding hydrogens is 905 g/mol. The van der Waals surface area contributed by atoms with Gasteiger partial charge in [0.2, 0.25) is 0 Å². The fourth-order valence-corrected chi connectivity index (χ4v) is 10.4. The van der Waals surface area contributed by atoms with Crippen molar-refractivity contribution in [2.24, 2.45) is 0 Å². The van der Waals surface area contributed by atoms with Crippen molar-refractivity contribution < 1.29 is 0 Å². The molecule has 74 heavy (non-hydrogen) atoms. The van der Waals surface area contributed by atoms with Crippen LogP contribution in [0.1, 0.15) is 0 Å². The van der Waals surface area contributed by atoms with Crippen LogP contribution in [-0.2, 0) is 0 Å². The Morgan fingerprint density at radius 3 is 1.15 bits per heavy atom. The predicted octanol–water partition coefficient (Wildman–Crippen LogP) is 15.9. The minimum absolute atomic E-state index is 0.583. The first-order chi connectivity index (χ1) is 36.7. The van der Waals surface area contributed by atoms with Crippen molar-refractivity contribution in [3.63, 3.8) is 0 Å². The summed E-state index contributed by atoms with van der Waals surface area (Å²) in [6.07, 6.45) is 0. The Morgan fingerprint density at radius 1 is 0.216 bits per heavy atom. The highest BCUT2D eigenvalue weighted by molar-refractivity contribution is 6.17. The molecule has 0 atom stereocenters.